The molecule has 1 N–H and O–H groups in total. The summed E-state index contributed by atoms with van der Waals surface area (Å²) in [5.74, 6) is 1.49. The Morgan fingerprint density at radius 1 is 0.677 bits per heavy atom. The van der Waals surface area contributed by atoms with Crippen LogP contribution in [0.25, 0.3) is 33.6 Å². The molecule has 158 valence electrons. The largest absolute Gasteiger partial charge is 0.497 e. The van der Waals surface area contributed by atoms with Crippen LogP contribution in [0.15, 0.2) is 66.7 Å². The summed E-state index contributed by atoms with van der Waals surface area (Å²) in [5, 5.41) is 0.526. The number of rotatable bonds is 6. The van der Waals surface area contributed by atoms with Crippen LogP contribution < -0.4 is 14.2 Å². The van der Waals surface area contributed by atoms with Crippen molar-refractivity contribution in [1.29, 1.82) is 0 Å². The molecule has 0 unspecified atom stereocenters. The maximum absolute atomic E-state index is 14.8. The van der Waals surface area contributed by atoms with Gasteiger partial charge in [0.2, 0.25) is 0 Å². The molecule has 0 saturated carbocycles. The molecule has 1 aromatic heterocycles. The minimum absolute atomic E-state index is 0.380. The standard InChI is InChI=1S/C25H21ClFNO3/c1-29-16-6-4-15(5-7-16)21-14-24(20-11-9-18(31-3)13-23(20)27)28-25(21)19-10-8-17(30-2)12-22(19)26/h4-14,28H,1-3H3. The highest BCUT2D eigenvalue weighted by atomic mass is 35.5. The molecule has 0 amide bonds. The Hall–Kier alpha value is -3.44. The van der Waals surface area contributed by atoms with Gasteiger partial charge in [-0.25, -0.2) is 4.39 Å². The molecule has 3 aromatic carbocycles. The molecule has 0 aliphatic carbocycles. The third-order valence-electron chi connectivity index (χ3n) is 5.13. The highest BCUT2D eigenvalue weighted by Gasteiger charge is 2.18. The van der Waals surface area contributed by atoms with Gasteiger partial charge in [0, 0.05) is 28.5 Å². The van der Waals surface area contributed by atoms with Gasteiger partial charge in [-0.05, 0) is 54.1 Å². The summed E-state index contributed by atoms with van der Waals surface area (Å²) in [5.41, 5.74) is 4.47. The average Bonchev–Trinajstić information content (AvgIpc) is 3.23. The highest BCUT2D eigenvalue weighted by molar-refractivity contribution is 6.33. The molecule has 4 rings (SSSR count). The van der Waals surface area contributed by atoms with Crippen LogP contribution >= 0.6 is 11.6 Å². The van der Waals surface area contributed by atoms with Gasteiger partial charge in [0.1, 0.15) is 23.1 Å². The van der Waals surface area contributed by atoms with E-state index in [-0.39, 0.29) is 5.82 Å². The highest BCUT2D eigenvalue weighted by Crippen LogP contribution is 2.40. The Kier molecular flexibility index (Phi) is 5.87. The molecule has 1 heterocycles. The molecule has 0 saturated heterocycles. The second kappa shape index (κ2) is 8.74. The van der Waals surface area contributed by atoms with E-state index >= 15 is 0 Å². The third-order valence-corrected chi connectivity index (χ3v) is 5.44. The summed E-state index contributed by atoms with van der Waals surface area (Å²) in [4.78, 5) is 3.36. The molecule has 4 aromatic rings. The van der Waals surface area contributed by atoms with E-state index < -0.39 is 0 Å². The minimum Gasteiger partial charge on any atom is -0.497 e. The van der Waals surface area contributed by atoms with Crippen LogP contribution in [0, 0.1) is 5.82 Å². The number of benzene rings is 3. The van der Waals surface area contributed by atoms with Crippen molar-refractivity contribution >= 4 is 11.6 Å². The van der Waals surface area contributed by atoms with Gasteiger partial charge >= 0.3 is 0 Å². The number of nitrogens with one attached hydrogen (secondary N) is 1. The number of aromatic nitrogens is 1. The van der Waals surface area contributed by atoms with Gasteiger partial charge in [0.05, 0.1) is 32.0 Å². The van der Waals surface area contributed by atoms with Crippen LogP contribution in [0.2, 0.25) is 5.02 Å². The third kappa shape index (κ3) is 4.09. The van der Waals surface area contributed by atoms with E-state index in [4.69, 9.17) is 25.8 Å². The Morgan fingerprint density at radius 2 is 1.26 bits per heavy atom. The second-order valence-electron chi connectivity index (χ2n) is 6.89. The molecule has 0 aliphatic heterocycles. The van der Waals surface area contributed by atoms with Gasteiger partial charge in [-0.3, -0.25) is 0 Å². The maximum atomic E-state index is 14.8. The number of aromatic amines is 1. The van der Waals surface area contributed by atoms with E-state index in [1.807, 2.05) is 42.5 Å². The van der Waals surface area contributed by atoms with Crippen LogP contribution in [-0.4, -0.2) is 26.3 Å². The number of hydrogen-bond donors (Lipinski definition) is 1. The van der Waals surface area contributed by atoms with Crippen LogP contribution in [0.3, 0.4) is 0 Å². The lowest BCUT2D eigenvalue weighted by Gasteiger charge is -2.09. The van der Waals surface area contributed by atoms with Crippen molar-refractivity contribution in [2.24, 2.45) is 0 Å². The summed E-state index contributed by atoms with van der Waals surface area (Å²) >= 11 is 6.57. The molecule has 0 atom stereocenters. The fourth-order valence-corrected chi connectivity index (χ4v) is 3.74. The van der Waals surface area contributed by atoms with Crippen LogP contribution in [0.5, 0.6) is 17.2 Å². The molecular weight excluding hydrogens is 417 g/mol. The van der Waals surface area contributed by atoms with Crippen LogP contribution in [-0.2, 0) is 0 Å². The number of ether oxygens (including phenoxy) is 3. The van der Waals surface area contributed by atoms with Gasteiger partial charge in [0.25, 0.3) is 0 Å². The molecule has 31 heavy (non-hydrogen) atoms. The summed E-state index contributed by atoms with van der Waals surface area (Å²) in [6.07, 6.45) is 0. The maximum Gasteiger partial charge on any atom is 0.136 e. The first-order valence-electron chi connectivity index (χ1n) is 9.59. The van der Waals surface area contributed by atoms with Gasteiger partial charge in [-0.15, -0.1) is 0 Å². The molecule has 0 radical (unpaired) electrons. The van der Waals surface area contributed by atoms with Crippen molar-refractivity contribution in [1.82, 2.24) is 4.98 Å². The van der Waals surface area contributed by atoms with Gasteiger partial charge in [-0.2, -0.15) is 0 Å². The molecule has 4 nitrogen and oxygen atoms in total. The fraction of sp³-hybridized carbons (Fsp3) is 0.120. The Labute approximate surface area is 185 Å². The lowest BCUT2D eigenvalue weighted by atomic mass is 10.0. The van der Waals surface area contributed by atoms with E-state index in [9.17, 15) is 4.39 Å². The quantitative estimate of drug-likeness (QED) is 0.359. The molecule has 0 spiro atoms. The number of halogens is 2. The first-order chi connectivity index (χ1) is 15.0. The number of methoxy groups -OCH3 is 3. The second-order valence-corrected chi connectivity index (χ2v) is 7.30. The summed E-state index contributed by atoms with van der Waals surface area (Å²) in [6.45, 7) is 0. The lowest BCUT2D eigenvalue weighted by Crippen LogP contribution is -1.89. The number of hydrogen-bond acceptors (Lipinski definition) is 3. The average molecular weight is 438 g/mol. The van der Waals surface area contributed by atoms with E-state index in [1.54, 1.807) is 32.4 Å². The normalized spacial score (nSPS) is 10.7. The summed E-state index contributed by atoms with van der Waals surface area (Å²) in [7, 11) is 4.72. The summed E-state index contributed by atoms with van der Waals surface area (Å²) in [6, 6.07) is 19.9. The molecule has 0 fully saturated rings. The Bertz CT molecular complexity index is 1220. The summed E-state index contributed by atoms with van der Waals surface area (Å²) < 4.78 is 30.4. The Morgan fingerprint density at radius 3 is 1.84 bits per heavy atom. The van der Waals surface area contributed by atoms with Crippen molar-refractivity contribution < 1.29 is 18.6 Å². The molecule has 0 bridgehead atoms. The van der Waals surface area contributed by atoms with Crippen molar-refractivity contribution in [3.63, 3.8) is 0 Å². The van der Waals surface area contributed by atoms with E-state index in [2.05, 4.69) is 4.98 Å². The zero-order chi connectivity index (χ0) is 22.0. The number of H-pyrrole nitrogens is 1. The van der Waals surface area contributed by atoms with Crippen molar-refractivity contribution in [3.8, 4) is 50.9 Å². The van der Waals surface area contributed by atoms with E-state index in [0.29, 0.717) is 27.8 Å². The Balaban J connectivity index is 1.90. The van der Waals surface area contributed by atoms with Crippen LogP contribution in [0.1, 0.15) is 0 Å². The molecular formula is C25H21ClFNO3. The van der Waals surface area contributed by atoms with Gasteiger partial charge in [-0.1, -0.05) is 23.7 Å². The predicted octanol–water partition coefficient (Wildman–Crippen LogP) is 6.83. The smallest absolute Gasteiger partial charge is 0.136 e. The molecule has 6 heteroatoms. The van der Waals surface area contributed by atoms with Crippen molar-refractivity contribution in [3.05, 3.63) is 77.6 Å². The zero-order valence-corrected chi connectivity index (χ0v) is 18.1. The van der Waals surface area contributed by atoms with E-state index in [1.165, 1.54) is 13.2 Å². The lowest BCUT2D eigenvalue weighted by molar-refractivity contribution is 0.411. The van der Waals surface area contributed by atoms with Gasteiger partial charge < -0.3 is 19.2 Å². The monoisotopic (exact) mass is 437 g/mol. The predicted molar refractivity (Wildman–Crippen MR) is 122 cm³/mol. The topological polar surface area (TPSA) is 43.5 Å². The van der Waals surface area contributed by atoms with Gasteiger partial charge in [0.15, 0.2) is 0 Å². The SMILES string of the molecule is COc1ccc(-c2cc(-c3ccc(OC)cc3F)[nH]c2-c2ccc(OC)cc2Cl)cc1. The first-order valence-corrected chi connectivity index (χ1v) is 9.97. The van der Waals surface area contributed by atoms with E-state index in [0.717, 1.165) is 28.1 Å². The van der Waals surface area contributed by atoms with Crippen LogP contribution in [0.4, 0.5) is 4.39 Å². The van der Waals surface area contributed by atoms with Crippen molar-refractivity contribution in [2.75, 3.05) is 21.3 Å². The minimum atomic E-state index is -0.380. The fourth-order valence-electron chi connectivity index (χ4n) is 3.48. The van der Waals surface area contributed by atoms with Crippen molar-refractivity contribution in [2.45, 2.75) is 0 Å². The molecule has 0 aliphatic rings. The zero-order valence-electron chi connectivity index (χ0n) is 17.3. The first kappa shape index (κ1) is 20.8.